The summed E-state index contributed by atoms with van der Waals surface area (Å²) in [6.45, 7) is 11.7. The van der Waals surface area contributed by atoms with Crippen LogP contribution in [0.4, 0.5) is 5.69 Å². The lowest BCUT2D eigenvalue weighted by Crippen LogP contribution is -2.25. The molecule has 1 aromatic rings. The summed E-state index contributed by atoms with van der Waals surface area (Å²) < 4.78 is 5.40. The Labute approximate surface area is 128 Å². The van der Waals surface area contributed by atoms with Crippen molar-refractivity contribution in [1.29, 1.82) is 0 Å². The number of ether oxygens (including phenoxy) is 1. The maximum atomic E-state index is 5.96. The van der Waals surface area contributed by atoms with Crippen LogP contribution >= 0.6 is 0 Å². The topological polar surface area (TPSA) is 59.6 Å². The summed E-state index contributed by atoms with van der Waals surface area (Å²) in [7, 11) is 0. The number of guanidine groups is 1. The molecule has 1 rings (SSSR count). The molecule has 0 atom stereocenters. The van der Waals surface area contributed by atoms with E-state index in [9.17, 15) is 0 Å². The maximum absolute atomic E-state index is 5.96. The average molecular weight is 289 g/mol. The highest BCUT2D eigenvalue weighted by Crippen LogP contribution is 2.22. The second-order valence-electron chi connectivity index (χ2n) is 5.06. The number of rotatable bonds is 8. The lowest BCUT2D eigenvalue weighted by molar-refractivity contribution is 0.165. The summed E-state index contributed by atoms with van der Waals surface area (Å²) in [6, 6.07) is 6.32. The van der Waals surface area contributed by atoms with Crippen molar-refractivity contribution in [2.45, 2.75) is 33.6 Å². The first-order valence-corrected chi connectivity index (χ1v) is 7.48. The van der Waals surface area contributed by atoms with E-state index >= 15 is 0 Å². The molecular formula is C17H27N3O. The van der Waals surface area contributed by atoms with Crippen LogP contribution in [-0.2, 0) is 17.6 Å². The van der Waals surface area contributed by atoms with Crippen molar-refractivity contribution >= 4 is 11.6 Å². The molecule has 0 aliphatic rings. The van der Waals surface area contributed by atoms with Crippen molar-refractivity contribution in [3.05, 3.63) is 41.5 Å². The Balaban J connectivity index is 2.61. The number of hydrogen-bond donors (Lipinski definition) is 2. The summed E-state index contributed by atoms with van der Waals surface area (Å²) in [5.41, 5.74) is 10.6. The maximum Gasteiger partial charge on any atom is 0.193 e. The second-order valence-corrected chi connectivity index (χ2v) is 5.06. The molecule has 0 heterocycles. The molecule has 0 aliphatic heterocycles. The van der Waals surface area contributed by atoms with Gasteiger partial charge >= 0.3 is 0 Å². The fraction of sp³-hybridized carbons (Fsp3) is 0.471. The van der Waals surface area contributed by atoms with Crippen molar-refractivity contribution in [3.63, 3.8) is 0 Å². The van der Waals surface area contributed by atoms with E-state index in [1.165, 1.54) is 11.1 Å². The molecule has 1 aromatic carbocycles. The number of hydrogen-bond acceptors (Lipinski definition) is 2. The molecule has 116 valence electrons. The predicted molar refractivity (Wildman–Crippen MR) is 90.9 cm³/mol. The molecule has 0 fully saturated rings. The van der Waals surface area contributed by atoms with Gasteiger partial charge in [0, 0.05) is 5.69 Å². The van der Waals surface area contributed by atoms with Gasteiger partial charge in [-0.2, -0.15) is 0 Å². The summed E-state index contributed by atoms with van der Waals surface area (Å²) in [5.74, 6) is 0.435. The minimum atomic E-state index is 0.435. The van der Waals surface area contributed by atoms with Gasteiger partial charge < -0.3 is 15.8 Å². The Morgan fingerprint density at radius 2 is 1.90 bits per heavy atom. The van der Waals surface area contributed by atoms with Gasteiger partial charge in [-0.15, -0.1) is 0 Å². The summed E-state index contributed by atoms with van der Waals surface area (Å²) in [6.07, 6.45) is 1.93. The lowest BCUT2D eigenvalue weighted by Gasteiger charge is -2.14. The summed E-state index contributed by atoms with van der Waals surface area (Å²) in [5, 5.41) is 3.24. The number of nitrogens with zero attached hydrogens (tertiary/aromatic N) is 1. The Bertz CT molecular complexity index is 473. The number of nitrogens with two attached hydrogens (primary N) is 1. The van der Waals surface area contributed by atoms with Gasteiger partial charge in [0.15, 0.2) is 5.96 Å². The van der Waals surface area contributed by atoms with E-state index < -0.39 is 0 Å². The highest BCUT2D eigenvalue weighted by Gasteiger charge is 2.06. The third-order valence-corrected chi connectivity index (χ3v) is 3.12. The lowest BCUT2D eigenvalue weighted by atomic mass is 10.0. The van der Waals surface area contributed by atoms with E-state index in [-0.39, 0.29) is 0 Å². The third-order valence-electron chi connectivity index (χ3n) is 3.12. The quantitative estimate of drug-likeness (QED) is 0.334. The molecule has 0 bridgehead atoms. The largest absolute Gasteiger partial charge is 0.375 e. The van der Waals surface area contributed by atoms with E-state index in [0.29, 0.717) is 25.7 Å². The first-order chi connectivity index (χ1) is 10.1. The Morgan fingerprint density at radius 1 is 1.29 bits per heavy atom. The summed E-state index contributed by atoms with van der Waals surface area (Å²) >= 11 is 0. The Hall–Kier alpha value is -1.81. The molecule has 0 aromatic heterocycles. The molecule has 0 radical (unpaired) electrons. The van der Waals surface area contributed by atoms with Gasteiger partial charge in [0.2, 0.25) is 0 Å². The molecular weight excluding hydrogens is 262 g/mol. The first kappa shape index (κ1) is 17.2. The molecule has 4 nitrogen and oxygen atoms in total. The minimum absolute atomic E-state index is 0.435. The molecule has 0 aliphatic carbocycles. The monoisotopic (exact) mass is 289 g/mol. The number of anilines is 1. The van der Waals surface area contributed by atoms with Gasteiger partial charge in [0.1, 0.15) is 0 Å². The predicted octanol–water partition coefficient (Wildman–Crippen LogP) is 3.13. The number of nitrogens with one attached hydrogen (secondary N) is 1. The molecule has 4 heteroatoms. The minimum Gasteiger partial charge on any atom is -0.375 e. The van der Waals surface area contributed by atoms with Crippen molar-refractivity contribution in [1.82, 2.24) is 0 Å². The van der Waals surface area contributed by atoms with E-state index in [0.717, 1.165) is 24.1 Å². The number of aliphatic imine (C=N–C) groups is 1. The SMILES string of the molecule is C=C(C)COCCN=C(N)Nc1c(CC)cccc1CC. The molecule has 3 N–H and O–H groups in total. The van der Waals surface area contributed by atoms with Crippen LogP contribution in [0.15, 0.2) is 35.3 Å². The Kier molecular flexibility index (Phi) is 7.54. The van der Waals surface area contributed by atoms with Gasteiger partial charge in [0.05, 0.1) is 19.8 Å². The van der Waals surface area contributed by atoms with Gasteiger partial charge in [-0.3, -0.25) is 4.99 Å². The van der Waals surface area contributed by atoms with Crippen LogP contribution in [0.5, 0.6) is 0 Å². The molecule has 0 unspecified atom stereocenters. The van der Waals surface area contributed by atoms with Gasteiger partial charge in [-0.05, 0) is 30.9 Å². The van der Waals surface area contributed by atoms with Crippen LogP contribution in [0.25, 0.3) is 0 Å². The molecule has 0 spiro atoms. The van der Waals surface area contributed by atoms with Crippen LogP contribution in [-0.4, -0.2) is 25.7 Å². The van der Waals surface area contributed by atoms with E-state index in [1.807, 2.05) is 6.92 Å². The highest BCUT2D eigenvalue weighted by molar-refractivity contribution is 5.93. The zero-order valence-corrected chi connectivity index (χ0v) is 13.4. The van der Waals surface area contributed by atoms with Crippen molar-refractivity contribution < 1.29 is 4.74 Å². The van der Waals surface area contributed by atoms with Crippen molar-refractivity contribution in [3.8, 4) is 0 Å². The molecule has 0 amide bonds. The second kappa shape index (κ2) is 9.19. The fourth-order valence-electron chi connectivity index (χ4n) is 2.05. The summed E-state index contributed by atoms with van der Waals surface area (Å²) in [4.78, 5) is 4.30. The fourth-order valence-corrected chi connectivity index (χ4v) is 2.05. The molecule has 0 saturated heterocycles. The van der Waals surface area contributed by atoms with E-state index in [2.05, 4.69) is 48.9 Å². The van der Waals surface area contributed by atoms with Gasteiger partial charge in [-0.25, -0.2) is 0 Å². The van der Waals surface area contributed by atoms with Gasteiger partial charge in [-0.1, -0.05) is 44.2 Å². The smallest absolute Gasteiger partial charge is 0.193 e. The average Bonchev–Trinajstić information content (AvgIpc) is 2.46. The van der Waals surface area contributed by atoms with Gasteiger partial charge in [0.25, 0.3) is 0 Å². The number of aryl methyl sites for hydroxylation is 2. The number of para-hydroxylation sites is 1. The third kappa shape index (κ3) is 6.00. The number of benzene rings is 1. The van der Waals surface area contributed by atoms with Crippen LogP contribution in [0.1, 0.15) is 31.9 Å². The van der Waals surface area contributed by atoms with Crippen LogP contribution in [0.3, 0.4) is 0 Å². The highest BCUT2D eigenvalue weighted by atomic mass is 16.5. The first-order valence-electron chi connectivity index (χ1n) is 7.48. The van der Waals surface area contributed by atoms with Crippen LogP contribution in [0.2, 0.25) is 0 Å². The Morgan fingerprint density at radius 3 is 2.43 bits per heavy atom. The van der Waals surface area contributed by atoms with Crippen LogP contribution < -0.4 is 11.1 Å². The van der Waals surface area contributed by atoms with E-state index in [4.69, 9.17) is 10.5 Å². The zero-order chi connectivity index (χ0) is 15.7. The zero-order valence-electron chi connectivity index (χ0n) is 13.4. The van der Waals surface area contributed by atoms with Crippen molar-refractivity contribution in [2.75, 3.05) is 25.1 Å². The standard InChI is InChI=1S/C17H27N3O/c1-5-14-8-7-9-15(6-2)16(14)20-17(18)19-10-11-21-12-13(3)4/h7-9H,3,5-6,10-12H2,1-2,4H3,(H3,18,19,20). The van der Waals surface area contributed by atoms with E-state index in [1.54, 1.807) is 0 Å². The van der Waals surface area contributed by atoms with Crippen LogP contribution in [0, 0.1) is 0 Å². The molecule has 21 heavy (non-hydrogen) atoms. The molecule has 0 saturated carbocycles. The van der Waals surface area contributed by atoms with Crippen molar-refractivity contribution in [2.24, 2.45) is 10.7 Å². The normalized spacial score (nSPS) is 11.5.